The van der Waals surface area contributed by atoms with E-state index in [1.807, 2.05) is 35.7 Å². The summed E-state index contributed by atoms with van der Waals surface area (Å²) in [6, 6.07) is 9.90. The van der Waals surface area contributed by atoms with Crippen LogP contribution in [0.5, 0.6) is 0 Å². The van der Waals surface area contributed by atoms with E-state index in [-0.39, 0.29) is 40.9 Å². The molecule has 0 aliphatic rings. The fourth-order valence-electron chi connectivity index (χ4n) is 3.54. The number of thiophene rings is 1. The van der Waals surface area contributed by atoms with Crippen molar-refractivity contribution in [1.29, 1.82) is 0 Å². The second kappa shape index (κ2) is 10.2. The summed E-state index contributed by atoms with van der Waals surface area (Å²) in [6.45, 7) is 4.66. The van der Waals surface area contributed by atoms with Gasteiger partial charge in [-0.1, -0.05) is 42.1 Å². The third-order valence-electron chi connectivity index (χ3n) is 4.93. The maximum atomic E-state index is 12.8. The highest BCUT2D eigenvalue weighted by atomic mass is 32.2. The van der Waals surface area contributed by atoms with Gasteiger partial charge in [0.05, 0.1) is 23.3 Å². The number of ketones is 1. The Kier molecular flexibility index (Phi) is 7.09. The molecule has 0 fully saturated rings. The summed E-state index contributed by atoms with van der Waals surface area (Å²) in [4.78, 5) is 46.8. The molecule has 1 N–H and O–H groups in total. The minimum atomic E-state index is -0.726. The monoisotopic (exact) mass is 495 g/mol. The molecule has 0 atom stereocenters. The molecule has 0 aliphatic heterocycles. The number of carbonyl (C=O) groups is 3. The SMILES string of the molecule is CCOC(=O)c1c(NC(=O)CSc2ncnc3scc(-c4ccccc4)c23)oc(C)c1C(C)=O. The molecule has 174 valence electrons. The van der Waals surface area contributed by atoms with Crippen molar-refractivity contribution >= 4 is 56.9 Å². The Bertz CT molecular complexity index is 1380. The number of aromatic nitrogens is 2. The van der Waals surface area contributed by atoms with Crippen molar-refractivity contribution in [2.24, 2.45) is 0 Å². The number of hydrogen-bond acceptors (Lipinski definition) is 9. The van der Waals surface area contributed by atoms with E-state index >= 15 is 0 Å². The van der Waals surface area contributed by atoms with E-state index in [4.69, 9.17) is 9.15 Å². The third-order valence-corrected chi connectivity index (χ3v) is 6.80. The van der Waals surface area contributed by atoms with Gasteiger partial charge < -0.3 is 9.15 Å². The number of esters is 1. The lowest BCUT2D eigenvalue weighted by Crippen LogP contribution is -2.17. The number of furan rings is 1. The van der Waals surface area contributed by atoms with E-state index in [1.165, 1.54) is 36.3 Å². The molecule has 3 aromatic heterocycles. The van der Waals surface area contributed by atoms with Crippen LogP contribution in [0.3, 0.4) is 0 Å². The summed E-state index contributed by atoms with van der Waals surface area (Å²) in [7, 11) is 0. The number of rotatable bonds is 8. The molecule has 3 heterocycles. The maximum Gasteiger partial charge on any atom is 0.344 e. The van der Waals surface area contributed by atoms with E-state index < -0.39 is 11.9 Å². The van der Waals surface area contributed by atoms with Crippen molar-refractivity contribution in [1.82, 2.24) is 9.97 Å². The van der Waals surface area contributed by atoms with Crippen LogP contribution in [0.2, 0.25) is 0 Å². The zero-order chi connectivity index (χ0) is 24.2. The van der Waals surface area contributed by atoms with E-state index in [0.29, 0.717) is 5.03 Å². The van der Waals surface area contributed by atoms with E-state index in [9.17, 15) is 14.4 Å². The van der Waals surface area contributed by atoms with E-state index in [2.05, 4.69) is 15.3 Å². The summed E-state index contributed by atoms with van der Waals surface area (Å²) in [5.74, 6) is -1.35. The van der Waals surface area contributed by atoms with Crippen molar-refractivity contribution < 1.29 is 23.5 Å². The Morgan fingerprint density at radius 1 is 1.15 bits per heavy atom. The zero-order valence-corrected chi connectivity index (χ0v) is 20.3. The Labute approximate surface area is 203 Å². The fraction of sp³-hybridized carbons (Fsp3) is 0.208. The number of thioether (sulfide) groups is 1. The van der Waals surface area contributed by atoms with Gasteiger partial charge in [0, 0.05) is 10.9 Å². The molecule has 1 aromatic carbocycles. The average Bonchev–Trinajstić information content (AvgIpc) is 3.39. The zero-order valence-electron chi connectivity index (χ0n) is 18.7. The first-order valence-corrected chi connectivity index (χ1v) is 12.3. The highest BCUT2D eigenvalue weighted by molar-refractivity contribution is 8.00. The van der Waals surface area contributed by atoms with Crippen LogP contribution in [0, 0.1) is 6.92 Å². The maximum absolute atomic E-state index is 12.8. The van der Waals surface area contributed by atoms with Gasteiger partial charge in [-0.25, -0.2) is 14.8 Å². The minimum absolute atomic E-state index is 0.00755. The Hall–Kier alpha value is -3.50. The lowest BCUT2D eigenvalue weighted by atomic mass is 10.1. The molecule has 0 bridgehead atoms. The van der Waals surface area contributed by atoms with Crippen molar-refractivity contribution in [3.63, 3.8) is 0 Å². The van der Waals surface area contributed by atoms with Crippen LogP contribution in [-0.2, 0) is 9.53 Å². The molecule has 4 aromatic rings. The predicted molar refractivity (Wildman–Crippen MR) is 132 cm³/mol. The molecule has 8 nitrogen and oxygen atoms in total. The molecule has 4 rings (SSSR count). The third kappa shape index (κ3) is 4.73. The number of fused-ring (bicyclic) bond motifs is 1. The van der Waals surface area contributed by atoms with Crippen LogP contribution in [-0.4, -0.2) is 40.0 Å². The fourth-order valence-corrected chi connectivity index (χ4v) is 5.33. The van der Waals surface area contributed by atoms with Gasteiger partial charge in [0.1, 0.15) is 27.5 Å². The topological polar surface area (TPSA) is 111 Å². The molecular weight excluding hydrogens is 474 g/mol. The molecule has 0 saturated heterocycles. The standard InChI is InChI=1S/C24H21N3O5S2/c1-4-31-24(30)20-18(13(2)28)14(3)32-21(20)27-17(29)11-34-23-19-16(15-8-6-5-7-9-15)10-33-22(19)25-12-26-23/h5-10,12H,4,11H2,1-3H3,(H,27,29). The first-order valence-electron chi connectivity index (χ1n) is 10.4. The lowest BCUT2D eigenvalue weighted by molar-refractivity contribution is -0.113. The van der Waals surface area contributed by atoms with Gasteiger partial charge in [-0.3, -0.25) is 14.9 Å². The average molecular weight is 496 g/mol. The number of aryl methyl sites for hydroxylation is 1. The quantitative estimate of drug-likeness (QED) is 0.150. The molecule has 0 unspecified atom stereocenters. The van der Waals surface area contributed by atoms with Crippen LogP contribution < -0.4 is 5.32 Å². The van der Waals surface area contributed by atoms with Crippen LogP contribution in [0.25, 0.3) is 21.3 Å². The molecule has 0 saturated carbocycles. The van der Waals surface area contributed by atoms with E-state index in [0.717, 1.165) is 21.3 Å². The molecule has 0 radical (unpaired) electrons. The van der Waals surface area contributed by atoms with Crippen molar-refractivity contribution in [2.75, 3.05) is 17.7 Å². The van der Waals surface area contributed by atoms with Crippen molar-refractivity contribution in [3.05, 3.63) is 58.9 Å². The normalized spacial score (nSPS) is 10.9. The number of ether oxygens (including phenoxy) is 1. The highest BCUT2D eigenvalue weighted by Crippen LogP contribution is 2.38. The van der Waals surface area contributed by atoms with Crippen LogP contribution in [0.4, 0.5) is 5.88 Å². The smallest absolute Gasteiger partial charge is 0.344 e. The van der Waals surface area contributed by atoms with Crippen molar-refractivity contribution in [2.45, 2.75) is 25.8 Å². The van der Waals surface area contributed by atoms with Gasteiger partial charge in [0.2, 0.25) is 11.8 Å². The summed E-state index contributed by atoms with van der Waals surface area (Å²) in [6.07, 6.45) is 1.47. The second-order valence-electron chi connectivity index (χ2n) is 7.23. The Morgan fingerprint density at radius 2 is 1.91 bits per heavy atom. The van der Waals surface area contributed by atoms with Crippen LogP contribution >= 0.6 is 23.1 Å². The minimum Gasteiger partial charge on any atom is -0.462 e. The summed E-state index contributed by atoms with van der Waals surface area (Å²) in [5, 5.41) is 6.19. The van der Waals surface area contributed by atoms with Gasteiger partial charge in [-0.2, -0.15) is 0 Å². The number of nitrogens with zero attached hydrogens (tertiary/aromatic N) is 2. The summed E-state index contributed by atoms with van der Waals surface area (Å²) < 4.78 is 10.6. The van der Waals surface area contributed by atoms with E-state index in [1.54, 1.807) is 13.8 Å². The van der Waals surface area contributed by atoms with Crippen LogP contribution in [0.1, 0.15) is 40.3 Å². The van der Waals surface area contributed by atoms with Gasteiger partial charge >= 0.3 is 5.97 Å². The Balaban J connectivity index is 1.57. The number of anilines is 1. The molecular formula is C24H21N3O5S2. The van der Waals surface area contributed by atoms with Gasteiger partial charge in [0.25, 0.3) is 0 Å². The number of nitrogens with one attached hydrogen (secondary N) is 1. The predicted octanol–water partition coefficient (Wildman–Crippen LogP) is 5.37. The number of amides is 1. The van der Waals surface area contributed by atoms with Crippen LogP contribution in [0.15, 0.2) is 51.5 Å². The number of hydrogen-bond donors (Lipinski definition) is 1. The number of benzene rings is 1. The summed E-state index contributed by atoms with van der Waals surface area (Å²) in [5.41, 5.74) is 2.07. The molecule has 0 spiro atoms. The highest BCUT2D eigenvalue weighted by Gasteiger charge is 2.28. The molecule has 1 amide bonds. The summed E-state index contributed by atoms with van der Waals surface area (Å²) >= 11 is 2.76. The second-order valence-corrected chi connectivity index (χ2v) is 9.05. The number of carbonyl (C=O) groups excluding carboxylic acids is 3. The van der Waals surface area contributed by atoms with Gasteiger partial charge in [-0.15, -0.1) is 11.3 Å². The van der Waals surface area contributed by atoms with Gasteiger partial charge in [-0.05, 0) is 26.3 Å². The lowest BCUT2D eigenvalue weighted by Gasteiger charge is -2.07. The van der Waals surface area contributed by atoms with Crippen molar-refractivity contribution in [3.8, 4) is 11.1 Å². The molecule has 10 heteroatoms. The largest absolute Gasteiger partial charge is 0.462 e. The first kappa shape index (κ1) is 23.7. The first-order chi connectivity index (χ1) is 16.4. The van der Waals surface area contributed by atoms with Gasteiger partial charge in [0.15, 0.2) is 5.78 Å². The molecule has 0 aliphatic carbocycles. The Morgan fingerprint density at radius 3 is 2.62 bits per heavy atom. The number of Topliss-reactive ketones (excluding diaryl/α,β-unsaturated/α-hetero) is 1. The molecule has 34 heavy (non-hydrogen) atoms.